The number of carbonyl (C=O) groups is 2. The van der Waals surface area contributed by atoms with Crippen LogP contribution in [0.3, 0.4) is 0 Å². The standard InChI is InChI=1S/C13H9F2NO4S/c1-20-6-2-11(21-5-6)12(17)16-10-3-7(13(18)19)8(14)4-9(10)15/h2-5H,1H3,(H,16,17)(H,18,19). The van der Waals surface area contributed by atoms with Crippen LogP contribution < -0.4 is 10.1 Å². The smallest absolute Gasteiger partial charge is 0.338 e. The largest absolute Gasteiger partial charge is 0.496 e. The van der Waals surface area contributed by atoms with Gasteiger partial charge in [-0.25, -0.2) is 13.6 Å². The van der Waals surface area contributed by atoms with Crippen LogP contribution in [0, 0.1) is 11.6 Å². The minimum absolute atomic E-state index is 0.243. The Balaban J connectivity index is 2.28. The Hall–Kier alpha value is -2.48. The molecule has 21 heavy (non-hydrogen) atoms. The molecule has 0 unspecified atom stereocenters. The second-order valence-corrected chi connectivity index (χ2v) is 4.83. The molecule has 2 aromatic rings. The van der Waals surface area contributed by atoms with Crippen LogP contribution in [0.1, 0.15) is 20.0 Å². The average molecular weight is 313 g/mol. The lowest BCUT2D eigenvalue weighted by molar-refractivity contribution is 0.0691. The number of rotatable bonds is 4. The van der Waals surface area contributed by atoms with Crippen molar-refractivity contribution in [3.05, 3.63) is 45.7 Å². The lowest BCUT2D eigenvalue weighted by Crippen LogP contribution is -2.13. The van der Waals surface area contributed by atoms with Crippen LogP contribution in [0.5, 0.6) is 5.75 Å². The van der Waals surface area contributed by atoms with Gasteiger partial charge in [-0.15, -0.1) is 11.3 Å². The van der Waals surface area contributed by atoms with E-state index in [1.807, 2.05) is 0 Å². The number of halogens is 2. The summed E-state index contributed by atoms with van der Waals surface area (Å²) >= 11 is 1.07. The third-order valence-electron chi connectivity index (χ3n) is 2.57. The highest BCUT2D eigenvalue weighted by Crippen LogP contribution is 2.24. The summed E-state index contributed by atoms with van der Waals surface area (Å²) in [5, 5.41) is 12.6. The Labute approximate surface area is 121 Å². The molecule has 1 heterocycles. The first-order valence-electron chi connectivity index (χ1n) is 5.58. The van der Waals surface area contributed by atoms with Gasteiger partial charge in [0.05, 0.1) is 23.2 Å². The van der Waals surface area contributed by atoms with Crippen LogP contribution >= 0.6 is 11.3 Å². The van der Waals surface area contributed by atoms with Gasteiger partial charge in [0, 0.05) is 17.5 Å². The van der Waals surface area contributed by atoms with Crippen molar-refractivity contribution in [3.8, 4) is 5.75 Å². The number of hydrogen-bond donors (Lipinski definition) is 2. The van der Waals surface area contributed by atoms with Crippen molar-refractivity contribution >= 4 is 28.9 Å². The number of amides is 1. The van der Waals surface area contributed by atoms with Crippen LogP contribution in [0.15, 0.2) is 23.6 Å². The molecule has 0 saturated carbocycles. The van der Waals surface area contributed by atoms with Crippen molar-refractivity contribution in [3.63, 3.8) is 0 Å². The molecule has 0 radical (unpaired) electrons. The molecule has 1 amide bonds. The molecule has 0 atom stereocenters. The Morgan fingerprint density at radius 3 is 2.52 bits per heavy atom. The first-order chi connectivity index (χ1) is 9.92. The van der Waals surface area contributed by atoms with Crippen molar-refractivity contribution in [2.45, 2.75) is 0 Å². The quantitative estimate of drug-likeness (QED) is 0.910. The summed E-state index contributed by atoms with van der Waals surface area (Å²) in [6.07, 6.45) is 0. The van der Waals surface area contributed by atoms with Gasteiger partial charge in [-0.05, 0) is 6.07 Å². The lowest BCUT2D eigenvalue weighted by Gasteiger charge is -2.07. The number of methoxy groups -OCH3 is 1. The number of thiophene rings is 1. The zero-order chi connectivity index (χ0) is 15.6. The number of carbonyl (C=O) groups excluding carboxylic acids is 1. The van der Waals surface area contributed by atoms with Gasteiger partial charge in [0.15, 0.2) is 0 Å². The molecule has 0 bridgehead atoms. The normalized spacial score (nSPS) is 10.2. The van der Waals surface area contributed by atoms with Gasteiger partial charge < -0.3 is 15.2 Å². The van der Waals surface area contributed by atoms with E-state index >= 15 is 0 Å². The molecule has 1 aromatic carbocycles. The van der Waals surface area contributed by atoms with Crippen LogP contribution in [-0.4, -0.2) is 24.1 Å². The SMILES string of the molecule is COc1csc(C(=O)Nc2cc(C(=O)O)c(F)cc2F)c1. The van der Waals surface area contributed by atoms with Gasteiger partial charge in [-0.1, -0.05) is 0 Å². The maximum atomic E-state index is 13.6. The van der Waals surface area contributed by atoms with Crippen molar-refractivity contribution in [2.75, 3.05) is 12.4 Å². The molecule has 1 aromatic heterocycles. The predicted octanol–water partition coefficient (Wildman–Crippen LogP) is 2.99. The molecule has 0 aliphatic rings. The number of ether oxygens (including phenoxy) is 1. The number of carboxylic acids is 1. The van der Waals surface area contributed by atoms with Crippen molar-refractivity contribution in [1.82, 2.24) is 0 Å². The molecular formula is C13H9F2NO4S. The first-order valence-corrected chi connectivity index (χ1v) is 6.46. The number of anilines is 1. The fourth-order valence-electron chi connectivity index (χ4n) is 1.54. The summed E-state index contributed by atoms with van der Waals surface area (Å²) < 4.78 is 31.7. The van der Waals surface area contributed by atoms with E-state index in [1.165, 1.54) is 13.2 Å². The second-order valence-electron chi connectivity index (χ2n) is 3.92. The highest BCUT2D eigenvalue weighted by molar-refractivity contribution is 7.12. The third-order valence-corrected chi connectivity index (χ3v) is 3.48. The molecule has 0 aliphatic carbocycles. The van der Waals surface area contributed by atoms with Crippen LogP contribution in [-0.2, 0) is 0 Å². The minimum atomic E-state index is -1.55. The zero-order valence-electron chi connectivity index (χ0n) is 10.6. The predicted molar refractivity (Wildman–Crippen MR) is 72.1 cm³/mol. The fourth-order valence-corrected chi connectivity index (χ4v) is 2.29. The summed E-state index contributed by atoms with van der Waals surface area (Å²) in [5.41, 5.74) is -1.14. The zero-order valence-corrected chi connectivity index (χ0v) is 11.5. The highest BCUT2D eigenvalue weighted by atomic mass is 32.1. The van der Waals surface area contributed by atoms with Crippen LogP contribution in [0.25, 0.3) is 0 Å². The molecule has 0 spiro atoms. The van der Waals surface area contributed by atoms with Gasteiger partial charge >= 0.3 is 5.97 Å². The average Bonchev–Trinajstić information content (AvgIpc) is 2.90. The summed E-state index contributed by atoms with van der Waals surface area (Å²) in [5.74, 6) is -4.01. The van der Waals surface area contributed by atoms with E-state index in [0.29, 0.717) is 11.8 Å². The molecule has 2 N–H and O–H groups in total. The number of nitrogens with one attached hydrogen (secondary N) is 1. The van der Waals surface area contributed by atoms with E-state index in [0.717, 1.165) is 17.4 Å². The Bertz CT molecular complexity index is 714. The fraction of sp³-hybridized carbons (Fsp3) is 0.0769. The van der Waals surface area contributed by atoms with Crippen LogP contribution in [0.4, 0.5) is 14.5 Å². The molecule has 0 saturated heterocycles. The molecule has 110 valence electrons. The van der Waals surface area contributed by atoms with E-state index in [2.05, 4.69) is 5.32 Å². The maximum absolute atomic E-state index is 13.6. The van der Waals surface area contributed by atoms with Gasteiger partial charge in [0.1, 0.15) is 17.4 Å². The number of carboxylic acid groups (broad SMARTS) is 1. The topological polar surface area (TPSA) is 75.6 Å². The van der Waals surface area contributed by atoms with Gasteiger partial charge in [-0.2, -0.15) is 0 Å². The first kappa shape index (κ1) is 14.9. The summed E-state index contributed by atoms with van der Waals surface area (Å²) in [6.45, 7) is 0. The summed E-state index contributed by atoms with van der Waals surface area (Å²) in [7, 11) is 1.43. The molecule has 0 aliphatic heterocycles. The van der Waals surface area contributed by atoms with Crippen molar-refractivity contribution < 1.29 is 28.2 Å². The van der Waals surface area contributed by atoms with E-state index in [-0.39, 0.29) is 4.88 Å². The highest BCUT2D eigenvalue weighted by Gasteiger charge is 2.18. The molecule has 2 rings (SSSR count). The Morgan fingerprint density at radius 2 is 1.95 bits per heavy atom. The molecular weight excluding hydrogens is 304 g/mol. The van der Waals surface area contributed by atoms with Gasteiger partial charge in [0.2, 0.25) is 0 Å². The van der Waals surface area contributed by atoms with E-state index < -0.39 is 34.8 Å². The van der Waals surface area contributed by atoms with E-state index in [1.54, 1.807) is 5.38 Å². The summed E-state index contributed by atoms with van der Waals surface area (Å²) in [4.78, 5) is 22.9. The van der Waals surface area contributed by atoms with E-state index in [4.69, 9.17) is 9.84 Å². The maximum Gasteiger partial charge on any atom is 0.338 e. The van der Waals surface area contributed by atoms with Gasteiger partial charge in [-0.3, -0.25) is 4.79 Å². The number of benzene rings is 1. The molecule has 5 nitrogen and oxygen atoms in total. The van der Waals surface area contributed by atoms with Gasteiger partial charge in [0.25, 0.3) is 5.91 Å². The Morgan fingerprint density at radius 1 is 1.24 bits per heavy atom. The summed E-state index contributed by atoms with van der Waals surface area (Å²) in [6, 6.07) is 2.59. The molecule has 0 fully saturated rings. The second kappa shape index (κ2) is 5.88. The van der Waals surface area contributed by atoms with E-state index in [9.17, 15) is 18.4 Å². The van der Waals surface area contributed by atoms with Crippen LogP contribution in [0.2, 0.25) is 0 Å². The van der Waals surface area contributed by atoms with Crippen molar-refractivity contribution in [1.29, 1.82) is 0 Å². The lowest BCUT2D eigenvalue weighted by atomic mass is 10.1. The number of aromatic carboxylic acids is 1. The minimum Gasteiger partial charge on any atom is -0.496 e. The monoisotopic (exact) mass is 313 g/mol. The number of hydrogen-bond acceptors (Lipinski definition) is 4. The Kier molecular flexibility index (Phi) is 4.18. The molecule has 8 heteroatoms. The van der Waals surface area contributed by atoms with Crippen molar-refractivity contribution in [2.24, 2.45) is 0 Å². The third kappa shape index (κ3) is 3.16.